The molecule has 0 N–H and O–H groups in total. The Hall–Kier alpha value is 0.0649. The van der Waals surface area contributed by atoms with E-state index in [4.69, 9.17) is 7.85 Å². The maximum atomic E-state index is 6.35. The molecule has 0 nitrogen and oxygen atoms in total. The maximum absolute atomic E-state index is 6.35. The third-order valence-electron chi connectivity index (χ3n) is 4.97. The lowest BCUT2D eigenvalue weighted by molar-refractivity contribution is 0.206. The van der Waals surface area contributed by atoms with Crippen molar-refractivity contribution in [2.45, 2.75) is 97.2 Å². The molecule has 0 spiro atoms. The third-order valence-corrected chi connectivity index (χ3v) is 4.97. The van der Waals surface area contributed by atoms with Crippen LogP contribution < -0.4 is 0 Å². The summed E-state index contributed by atoms with van der Waals surface area (Å²) < 4.78 is 0. The smallest absolute Gasteiger partial charge is 0.0699 e. The Kier molecular flexibility index (Phi) is 7.41. The van der Waals surface area contributed by atoms with Gasteiger partial charge in [-0.3, -0.25) is 0 Å². The Balaban J connectivity index is 2.55. The summed E-state index contributed by atoms with van der Waals surface area (Å²) in [6.07, 6.45) is 15.0. The van der Waals surface area contributed by atoms with Gasteiger partial charge in [0.05, 0.1) is 7.85 Å². The number of hydrogen-bond donors (Lipinski definition) is 0. The molecule has 0 bridgehead atoms. The minimum Gasteiger partial charge on any atom is -0.0769 e. The molecule has 3 unspecified atom stereocenters. The summed E-state index contributed by atoms with van der Waals surface area (Å²) in [5.74, 6) is 1.31. The summed E-state index contributed by atoms with van der Waals surface area (Å²) >= 11 is 0. The molecule has 104 valence electrons. The molecule has 3 atom stereocenters. The van der Waals surface area contributed by atoms with Gasteiger partial charge in [0, 0.05) is 0 Å². The average Bonchev–Trinajstić information content (AvgIpc) is 2.32. The molecule has 0 aliphatic heterocycles. The Bertz CT molecular complexity index is 194. The molecule has 0 saturated heterocycles. The highest BCUT2D eigenvalue weighted by Crippen LogP contribution is 2.40. The Morgan fingerprint density at radius 2 is 1.50 bits per heavy atom. The molecule has 1 rings (SSSR count). The van der Waals surface area contributed by atoms with Crippen LogP contribution in [0.1, 0.15) is 91.4 Å². The van der Waals surface area contributed by atoms with Gasteiger partial charge < -0.3 is 0 Å². The van der Waals surface area contributed by atoms with Crippen LogP contribution >= 0.6 is 0 Å². The highest BCUT2D eigenvalue weighted by Gasteiger charge is 2.26. The molecule has 1 aliphatic rings. The van der Waals surface area contributed by atoms with E-state index in [2.05, 4.69) is 20.8 Å². The summed E-state index contributed by atoms with van der Waals surface area (Å²) in [4.78, 5) is 0. The van der Waals surface area contributed by atoms with Crippen molar-refractivity contribution in [2.24, 2.45) is 11.3 Å². The largest absolute Gasteiger partial charge is 0.0769 e. The standard InChI is InChI=1S/C17H33B/c1-4-17(3)13-15(2)11-9-7-5-6-8-10-12-16(18)14-17/h15-16H,4-14H2,1-3H3. The molecule has 18 heavy (non-hydrogen) atoms. The molecular weight excluding hydrogens is 215 g/mol. The third kappa shape index (κ3) is 6.30. The Morgan fingerprint density at radius 3 is 2.11 bits per heavy atom. The lowest BCUT2D eigenvalue weighted by atomic mass is 9.66. The molecule has 1 fully saturated rings. The SMILES string of the molecule is [B]C1CCCCCCCCC(C)CC(C)(CC)C1. The van der Waals surface area contributed by atoms with Gasteiger partial charge in [0.25, 0.3) is 0 Å². The van der Waals surface area contributed by atoms with Crippen LogP contribution in [0.3, 0.4) is 0 Å². The van der Waals surface area contributed by atoms with E-state index in [9.17, 15) is 0 Å². The van der Waals surface area contributed by atoms with Crippen LogP contribution in [-0.4, -0.2) is 7.85 Å². The fraction of sp³-hybridized carbons (Fsp3) is 1.00. The molecule has 0 aromatic heterocycles. The van der Waals surface area contributed by atoms with Crippen LogP contribution in [0.15, 0.2) is 0 Å². The van der Waals surface area contributed by atoms with Crippen LogP contribution in [0.5, 0.6) is 0 Å². The molecule has 0 aromatic rings. The molecule has 0 heterocycles. The topological polar surface area (TPSA) is 0 Å². The summed E-state index contributed by atoms with van der Waals surface area (Å²) in [6.45, 7) is 7.25. The van der Waals surface area contributed by atoms with Gasteiger partial charge in [-0.25, -0.2) is 0 Å². The van der Waals surface area contributed by atoms with E-state index in [1.54, 1.807) is 0 Å². The van der Waals surface area contributed by atoms with Crippen LogP contribution in [0.25, 0.3) is 0 Å². The number of hydrogen-bond acceptors (Lipinski definition) is 0. The monoisotopic (exact) mass is 248 g/mol. The van der Waals surface area contributed by atoms with Gasteiger partial charge in [0.15, 0.2) is 0 Å². The second-order valence-electron chi connectivity index (χ2n) is 7.14. The lowest BCUT2D eigenvalue weighted by Crippen LogP contribution is -2.21. The summed E-state index contributed by atoms with van der Waals surface area (Å²) in [5.41, 5.74) is 0.479. The van der Waals surface area contributed by atoms with Crippen molar-refractivity contribution in [2.75, 3.05) is 0 Å². The number of rotatable bonds is 1. The molecule has 0 aromatic carbocycles. The van der Waals surface area contributed by atoms with Crippen molar-refractivity contribution >= 4 is 7.85 Å². The first-order valence-corrected chi connectivity index (χ1v) is 8.31. The Labute approximate surface area is 117 Å². The predicted molar refractivity (Wildman–Crippen MR) is 83.2 cm³/mol. The molecule has 2 radical (unpaired) electrons. The van der Waals surface area contributed by atoms with Crippen molar-refractivity contribution in [1.82, 2.24) is 0 Å². The van der Waals surface area contributed by atoms with Crippen molar-refractivity contribution in [3.63, 3.8) is 0 Å². The summed E-state index contributed by atoms with van der Waals surface area (Å²) in [6, 6.07) is 0. The zero-order valence-corrected chi connectivity index (χ0v) is 13.0. The zero-order valence-electron chi connectivity index (χ0n) is 13.0. The predicted octanol–water partition coefficient (Wildman–Crippen LogP) is 5.91. The van der Waals surface area contributed by atoms with E-state index in [0.717, 1.165) is 5.92 Å². The molecule has 0 amide bonds. The first kappa shape index (κ1) is 16.1. The van der Waals surface area contributed by atoms with Crippen LogP contribution in [0.2, 0.25) is 5.82 Å². The van der Waals surface area contributed by atoms with Crippen molar-refractivity contribution in [3.05, 3.63) is 0 Å². The van der Waals surface area contributed by atoms with Gasteiger partial charge in [-0.1, -0.05) is 90.8 Å². The minimum atomic E-state index is 0.433. The van der Waals surface area contributed by atoms with E-state index in [-0.39, 0.29) is 0 Å². The first-order valence-electron chi connectivity index (χ1n) is 8.31. The highest BCUT2D eigenvalue weighted by molar-refractivity contribution is 6.11. The van der Waals surface area contributed by atoms with E-state index >= 15 is 0 Å². The fourth-order valence-electron chi connectivity index (χ4n) is 3.66. The minimum absolute atomic E-state index is 0.433. The fourth-order valence-corrected chi connectivity index (χ4v) is 3.66. The van der Waals surface area contributed by atoms with E-state index in [0.29, 0.717) is 11.2 Å². The van der Waals surface area contributed by atoms with E-state index in [1.807, 2.05) is 0 Å². The maximum Gasteiger partial charge on any atom is 0.0699 e. The van der Waals surface area contributed by atoms with Gasteiger partial charge >= 0.3 is 0 Å². The lowest BCUT2D eigenvalue weighted by Gasteiger charge is -2.34. The quantitative estimate of drug-likeness (QED) is 0.506. The summed E-state index contributed by atoms with van der Waals surface area (Å²) in [5, 5.41) is 0. The highest BCUT2D eigenvalue weighted by atomic mass is 14.3. The van der Waals surface area contributed by atoms with Crippen LogP contribution in [0.4, 0.5) is 0 Å². The van der Waals surface area contributed by atoms with Gasteiger partial charge in [-0.15, -0.1) is 0 Å². The second kappa shape index (κ2) is 8.28. The van der Waals surface area contributed by atoms with Crippen molar-refractivity contribution in [3.8, 4) is 0 Å². The van der Waals surface area contributed by atoms with Crippen LogP contribution in [0, 0.1) is 11.3 Å². The average molecular weight is 248 g/mol. The van der Waals surface area contributed by atoms with Gasteiger partial charge in [0.1, 0.15) is 0 Å². The first-order chi connectivity index (χ1) is 8.56. The molecule has 1 aliphatic carbocycles. The van der Waals surface area contributed by atoms with Gasteiger partial charge in [-0.05, 0) is 17.8 Å². The second-order valence-corrected chi connectivity index (χ2v) is 7.14. The van der Waals surface area contributed by atoms with Gasteiger partial charge in [0.2, 0.25) is 0 Å². The van der Waals surface area contributed by atoms with Crippen LogP contribution in [-0.2, 0) is 0 Å². The molecule has 1 saturated carbocycles. The van der Waals surface area contributed by atoms with E-state index < -0.39 is 0 Å². The molecule has 1 heteroatoms. The van der Waals surface area contributed by atoms with Gasteiger partial charge in [-0.2, -0.15) is 0 Å². The van der Waals surface area contributed by atoms with Crippen molar-refractivity contribution in [1.29, 1.82) is 0 Å². The normalized spacial score (nSPS) is 37.3. The Morgan fingerprint density at radius 1 is 0.944 bits per heavy atom. The van der Waals surface area contributed by atoms with Crippen molar-refractivity contribution < 1.29 is 0 Å². The van der Waals surface area contributed by atoms with E-state index in [1.165, 1.54) is 70.6 Å². The summed E-state index contributed by atoms with van der Waals surface area (Å²) in [7, 11) is 6.35. The zero-order chi connectivity index (χ0) is 13.4. The molecular formula is C17H33B.